The molecule has 0 bridgehead atoms. The fourth-order valence-electron chi connectivity index (χ4n) is 1.62. The number of sulfonamides is 1. The predicted molar refractivity (Wildman–Crippen MR) is 74.9 cm³/mol. The first kappa shape index (κ1) is 18.7. The lowest BCUT2D eigenvalue weighted by atomic mass is 10.2. The molecule has 0 aliphatic rings. The fourth-order valence-corrected chi connectivity index (χ4v) is 3.34. The van der Waals surface area contributed by atoms with Crippen LogP contribution in [0.4, 0.5) is 13.2 Å². The molecule has 0 aromatic heterocycles. The van der Waals surface area contributed by atoms with Gasteiger partial charge in [-0.3, -0.25) is 4.79 Å². The van der Waals surface area contributed by atoms with Gasteiger partial charge < -0.3 is 4.90 Å². The number of hydrogen-bond acceptors (Lipinski definition) is 3. The minimum atomic E-state index is -4.71. The Labute approximate surface area is 131 Å². The van der Waals surface area contributed by atoms with Crippen molar-refractivity contribution in [1.82, 2.24) is 9.62 Å². The van der Waals surface area contributed by atoms with Crippen LogP contribution in [0.2, 0.25) is 5.02 Å². The van der Waals surface area contributed by atoms with E-state index in [0.29, 0.717) is 12.1 Å². The van der Waals surface area contributed by atoms with Crippen molar-refractivity contribution in [1.29, 1.82) is 0 Å². The van der Waals surface area contributed by atoms with Gasteiger partial charge in [0.2, 0.25) is 15.9 Å². The van der Waals surface area contributed by atoms with Gasteiger partial charge in [-0.25, -0.2) is 8.42 Å². The largest absolute Gasteiger partial charge is 0.416 e. The SMILES string of the molecule is CC(NS(=O)(=O)c1cc(C(F)(F)F)ccc1Cl)C(=O)N(C)C. The van der Waals surface area contributed by atoms with Crippen molar-refractivity contribution in [2.75, 3.05) is 14.1 Å². The van der Waals surface area contributed by atoms with Crippen molar-refractivity contribution in [3.63, 3.8) is 0 Å². The minimum Gasteiger partial charge on any atom is -0.347 e. The van der Waals surface area contributed by atoms with Gasteiger partial charge in [0.25, 0.3) is 0 Å². The monoisotopic (exact) mass is 358 g/mol. The zero-order valence-electron chi connectivity index (χ0n) is 11.9. The van der Waals surface area contributed by atoms with Crippen molar-refractivity contribution in [3.8, 4) is 0 Å². The molecule has 0 spiro atoms. The summed E-state index contributed by atoms with van der Waals surface area (Å²) in [5.41, 5.74) is -1.15. The summed E-state index contributed by atoms with van der Waals surface area (Å²) >= 11 is 5.67. The maximum absolute atomic E-state index is 12.7. The second-order valence-corrected chi connectivity index (χ2v) is 6.81. The molecular weight excluding hydrogens is 345 g/mol. The third kappa shape index (κ3) is 4.34. The number of nitrogens with one attached hydrogen (secondary N) is 1. The highest BCUT2D eigenvalue weighted by Gasteiger charge is 2.33. The third-order valence-corrected chi connectivity index (χ3v) is 4.71. The average Bonchev–Trinajstić information content (AvgIpc) is 2.35. The number of hydrogen-bond donors (Lipinski definition) is 1. The Morgan fingerprint density at radius 3 is 2.32 bits per heavy atom. The lowest BCUT2D eigenvalue weighted by molar-refractivity contribution is -0.137. The first-order valence-corrected chi connectivity index (χ1v) is 7.82. The molecule has 1 N–H and O–H groups in total. The highest BCUT2D eigenvalue weighted by Crippen LogP contribution is 2.33. The van der Waals surface area contributed by atoms with E-state index >= 15 is 0 Å². The molecule has 10 heteroatoms. The maximum Gasteiger partial charge on any atom is 0.416 e. The number of benzene rings is 1. The molecular formula is C12H14ClF3N2O3S. The van der Waals surface area contributed by atoms with Crippen LogP contribution in [0.3, 0.4) is 0 Å². The standard InChI is InChI=1S/C12H14ClF3N2O3S/c1-7(11(19)18(2)3)17-22(20,21)10-6-8(12(14,15)16)4-5-9(10)13/h4-7,17H,1-3H3. The van der Waals surface area contributed by atoms with Gasteiger partial charge in [0, 0.05) is 14.1 Å². The van der Waals surface area contributed by atoms with Crippen LogP contribution < -0.4 is 4.72 Å². The van der Waals surface area contributed by atoms with Gasteiger partial charge in [-0.05, 0) is 25.1 Å². The van der Waals surface area contributed by atoms with E-state index < -0.39 is 38.6 Å². The smallest absolute Gasteiger partial charge is 0.347 e. The highest BCUT2D eigenvalue weighted by atomic mass is 35.5. The molecule has 0 aliphatic carbocycles. The van der Waals surface area contributed by atoms with E-state index in [2.05, 4.69) is 0 Å². The number of rotatable bonds is 4. The summed E-state index contributed by atoms with van der Waals surface area (Å²) in [5.74, 6) is -0.549. The fraction of sp³-hybridized carbons (Fsp3) is 0.417. The van der Waals surface area contributed by atoms with E-state index in [4.69, 9.17) is 11.6 Å². The Morgan fingerprint density at radius 2 is 1.86 bits per heavy atom. The molecule has 22 heavy (non-hydrogen) atoms. The van der Waals surface area contributed by atoms with E-state index in [-0.39, 0.29) is 5.02 Å². The lowest BCUT2D eigenvalue weighted by Gasteiger charge is -2.19. The number of carbonyl (C=O) groups excluding carboxylic acids is 1. The summed E-state index contributed by atoms with van der Waals surface area (Å²) in [4.78, 5) is 12.1. The van der Waals surface area contributed by atoms with Gasteiger partial charge in [0.1, 0.15) is 4.90 Å². The normalized spacial score (nSPS) is 13.8. The number of likely N-dealkylation sites (N-methyl/N-ethyl adjacent to an activating group) is 1. The van der Waals surface area contributed by atoms with Gasteiger partial charge in [-0.1, -0.05) is 11.6 Å². The van der Waals surface area contributed by atoms with E-state index in [1.807, 2.05) is 4.72 Å². The van der Waals surface area contributed by atoms with Crippen molar-refractivity contribution < 1.29 is 26.4 Å². The molecule has 5 nitrogen and oxygen atoms in total. The molecule has 0 saturated heterocycles. The molecule has 0 aliphatic heterocycles. The molecule has 0 heterocycles. The van der Waals surface area contributed by atoms with Gasteiger partial charge >= 0.3 is 6.18 Å². The molecule has 1 amide bonds. The Bertz CT molecular complexity index is 675. The average molecular weight is 359 g/mol. The van der Waals surface area contributed by atoms with E-state index in [1.54, 1.807) is 0 Å². The second kappa shape index (κ2) is 6.43. The zero-order chi connectivity index (χ0) is 17.3. The predicted octanol–water partition coefficient (Wildman–Crippen LogP) is 2.11. The maximum atomic E-state index is 12.7. The van der Waals surface area contributed by atoms with Crippen molar-refractivity contribution in [2.45, 2.75) is 24.0 Å². The summed E-state index contributed by atoms with van der Waals surface area (Å²) in [6, 6.07) is 0.801. The number of amides is 1. The minimum absolute atomic E-state index is 0.370. The third-order valence-electron chi connectivity index (χ3n) is 2.69. The number of halogens is 4. The molecule has 1 atom stereocenters. The molecule has 1 unspecified atom stereocenters. The zero-order valence-corrected chi connectivity index (χ0v) is 13.5. The summed E-state index contributed by atoms with van der Waals surface area (Å²) in [6.45, 7) is 1.28. The summed E-state index contributed by atoms with van der Waals surface area (Å²) < 4.78 is 64.3. The Hall–Kier alpha value is -1.32. The van der Waals surface area contributed by atoms with Crippen LogP contribution in [0.25, 0.3) is 0 Å². The Kier molecular flexibility index (Phi) is 5.47. The summed E-state index contributed by atoms with van der Waals surface area (Å²) in [5, 5.41) is -0.370. The quantitative estimate of drug-likeness (QED) is 0.896. The van der Waals surface area contributed by atoms with E-state index in [9.17, 15) is 26.4 Å². The van der Waals surface area contributed by atoms with Gasteiger partial charge in [-0.2, -0.15) is 17.9 Å². The Morgan fingerprint density at radius 1 is 1.32 bits per heavy atom. The van der Waals surface area contributed by atoms with Gasteiger partial charge in [0.15, 0.2) is 0 Å². The molecule has 1 rings (SSSR count). The summed E-state index contributed by atoms with van der Waals surface area (Å²) in [6.07, 6.45) is -4.71. The number of nitrogens with zero attached hydrogens (tertiary/aromatic N) is 1. The topological polar surface area (TPSA) is 66.5 Å². The molecule has 1 aromatic carbocycles. The van der Waals surface area contributed by atoms with Crippen LogP contribution in [-0.2, 0) is 21.0 Å². The van der Waals surface area contributed by atoms with Crippen LogP contribution in [0.1, 0.15) is 12.5 Å². The van der Waals surface area contributed by atoms with Crippen molar-refractivity contribution in [3.05, 3.63) is 28.8 Å². The molecule has 0 fully saturated rings. The van der Waals surface area contributed by atoms with Crippen LogP contribution in [0.5, 0.6) is 0 Å². The van der Waals surface area contributed by atoms with Gasteiger partial charge in [-0.15, -0.1) is 0 Å². The second-order valence-electron chi connectivity index (χ2n) is 4.72. The molecule has 124 valence electrons. The van der Waals surface area contributed by atoms with Gasteiger partial charge in [0.05, 0.1) is 16.6 Å². The first-order chi connectivity index (χ1) is 9.86. The van der Waals surface area contributed by atoms with E-state index in [1.165, 1.54) is 21.0 Å². The van der Waals surface area contributed by atoms with E-state index in [0.717, 1.165) is 11.0 Å². The first-order valence-electron chi connectivity index (χ1n) is 5.96. The lowest BCUT2D eigenvalue weighted by Crippen LogP contribution is -2.44. The van der Waals surface area contributed by atoms with Crippen LogP contribution in [-0.4, -0.2) is 39.4 Å². The number of carbonyl (C=O) groups is 1. The molecule has 1 aromatic rings. The van der Waals surface area contributed by atoms with Crippen molar-refractivity contribution >= 4 is 27.5 Å². The Balaban J connectivity index is 3.21. The van der Waals surface area contributed by atoms with Crippen LogP contribution in [0.15, 0.2) is 23.1 Å². The van der Waals surface area contributed by atoms with Crippen molar-refractivity contribution in [2.24, 2.45) is 0 Å². The highest BCUT2D eigenvalue weighted by molar-refractivity contribution is 7.89. The summed E-state index contributed by atoms with van der Waals surface area (Å²) in [7, 11) is -1.54. The molecule has 0 radical (unpaired) electrons. The van der Waals surface area contributed by atoms with Crippen LogP contribution in [0, 0.1) is 0 Å². The number of alkyl halides is 3. The molecule has 0 saturated carbocycles. The van der Waals surface area contributed by atoms with Crippen LogP contribution >= 0.6 is 11.6 Å².